The fourth-order valence-electron chi connectivity index (χ4n) is 5.57. The summed E-state index contributed by atoms with van der Waals surface area (Å²) in [7, 11) is 4.42. The van der Waals surface area contributed by atoms with Crippen LogP contribution in [0.5, 0.6) is 17.2 Å². The van der Waals surface area contributed by atoms with Crippen LogP contribution in [0.2, 0.25) is 0 Å². The van der Waals surface area contributed by atoms with E-state index in [1.165, 1.54) is 5.56 Å². The van der Waals surface area contributed by atoms with Gasteiger partial charge >= 0.3 is 0 Å². The normalized spacial score (nSPS) is 13.3. The molecule has 0 fully saturated rings. The summed E-state index contributed by atoms with van der Waals surface area (Å²) in [4.78, 5) is 11.2. The van der Waals surface area contributed by atoms with Crippen LogP contribution in [0.1, 0.15) is 56.2 Å². The van der Waals surface area contributed by atoms with Gasteiger partial charge in [0.25, 0.3) is 0 Å². The Kier molecular flexibility index (Phi) is 12.7. The summed E-state index contributed by atoms with van der Waals surface area (Å²) in [5.74, 6) is 7.24. The van der Waals surface area contributed by atoms with Crippen molar-refractivity contribution in [2.75, 3.05) is 7.05 Å². The summed E-state index contributed by atoms with van der Waals surface area (Å²) in [6.07, 6.45) is 9.91. The van der Waals surface area contributed by atoms with E-state index in [2.05, 4.69) is 51.5 Å². The molecular weight excluding hydrogens is 641 g/mol. The van der Waals surface area contributed by atoms with Gasteiger partial charge in [0.15, 0.2) is 0 Å². The van der Waals surface area contributed by atoms with Gasteiger partial charge in [0.05, 0.1) is 5.71 Å². The van der Waals surface area contributed by atoms with Crippen molar-refractivity contribution in [3.05, 3.63) is 173 Å². The fourth-order valence-corrected chi connectivity index (χ4v) is 5.82. The van der Waals surface area contributed by atoms with Crippen LogP contribution in [-0.4, -0.2) is 29.3 Å². The number of hydrazone groups is 1. The highest BCUT2D eigenvalue weighted by Crippen LogP contribution is 2.44. The maximum absolute atomic E-state index is 11.2. The lowest BCUT2D eigenvalue weighted by atomic mass is 9.86. The Morgan fingerprint density at radius 1 is 1.02 bits per heavy atom. The van der Waals surface area contributed by atoms with E-state index in [1.54, 1.807) is 36.4 Å². The number of aromatic hydroxyl groups is 2. The molecule has 0 spiro atoms. The number of carbonyl (C=O) groups excluding carboxylic acids is 1. The van der Waals surface area contributed by atoms with Crippen LogP contribution in [-0.2, 0) is 6.54 Å². The number of nitrogens with one attached hydrogen (secondary N) is 1. The lowest BCUT2D eigenvalue weighted by Crippen LogP contribution is -2.11. The standard InChI is InChI=1S/C24H20O3.C18H22N3OP/c1-4-7-8-20-22(6-3)27-23-14-18(26)10-12-21(23)24(20)19-11-9-16(15-25)13-17(19)5-2;1-11-8-16(22)17(23)9-15(11)18(21-19)12(2)14-6-4-13(5-7-14)10-20-3/h4-15,26H,1-2H2,3H3;4-9,20,22H,2,10,19,23H2,1,3H3/b8-7-,22-6+;21-18+. The Bertz CT molecular complexity index is 2070. The molecule has 1 unspecified atom stereocenters. The Labute approximate surface area is 296 Å². The van der Waals surface area contributed by atoms with Crippen LogP contribution in [0.3, 0.4) is 0 Å². The minimum atomic E-state index is 0.133. The molecule has 0 radical (unpaired) electrons. The van der Waals surface area contributed by atoms with E-state index in [1.807, 2.05) is 75.5 Å². The summed E-state index contributed by atoms with van der Waals surface area (Å²) in [6.45, 7) is 16.4. The molecule has 8 heteroatoms. The van der Waals surface area contributed by atoms with E-state index in [-0.39, 0.29) is 11.5 Å². The number of fused-ring (bicyclic) bond motifs is 1. The third kappa shape index (κ3) is 8.27. The number of phenolic OH excluding ortho intramolecular Hbond substituents is 2. The summed E-state index contributed by atoms with van der Waals surface area (Å²) in [5, 5.41) is 27.4. The molecule has 50 heavy (non-hydrogen) atoms. The number of aryl methyl sites for hydroxylation is 1. The predicted molar refractivity (Wildman–Crippen MR) is 211 cm³/mol. The highest BCUT2D eigenvalue weighted by molar-refractivity contribution is 7.27. The molecule has 1 aliphatic heterocycles. The van der Waals surface area contributed by atoms with Crippen LogP contribution in [0, 0.1) is 6.92 Å². The summed E-state index contributed by atoms with van der Waals surface area (Å²) < 4.78 is 6.02. The number of ether oxygens (including phenoxy) is 1. The molecule has 0 bridgehead atoms. The lowest BCUT2D eigenvalue weighted by molar-refractivity contribution is 0.112. The van der Waals surface area contributed by atoms with E-state index in [0.717, 1.165) is 62.9 Å². The fraction of sp³-hybridized carbons (Fsp3) is 0.0952. The minimum Gasteiger partial charge on any atom is -0.508 e. The first-order valence-electron chi connectivity index (χ1n) is 15.8. The van der Waals surface area contributed by atoms with Crippen molar-refractivity contribution in [2.45, 2.75) is 20.4 Å². The molecule has 1 heterocycles. The van der Waals surface area contributed by atoms with E-state index >= 15 is 0 Å². The molecule has 0 saturated carbocycles. The minimum absolute atomic E-state index is 0.133. The molecular formula is C42H42N3O4P. The smallest absolute Gasteiger partial charge is 0.150 e. The number of rotatable bonds is 10. The van der Waals surface area contributed by atoms with Gasteiger partial charge in [-0.15, -0.1) is 9.24 Å². The number of hydrogen-bond donors (Lipinski definition) is 4. The number of benzene rings is 4. The van der Waals surface area contributed by atoms with Crippen LogP contribution in [0.15, 0.2) is 133 Å². The number of aldehydes is 1. The second-order valence-corrected chi connectivity index (χ2v) is 12.0. The van der Waals surface area contributed by atoms with Gasteiger partial charge in [0, 0.05) is 51.3 Å². The van der Waals surface area contributed by atoms with Crippen molar-refractivity contribution in [2.24, 2.45) is 10.9 Å². The van der Waals surface area contributed by atoms with Gasteiger partial charge in [-0.1, -0.05) is 80.4 Å². The Hall–Kier alpha value is -5.75. The van der Waals surface area contributed by atoms with E-state index < -0.39 is 0 Å². The van der Waals surface area contributed by atoms with E-state index in [9.17, 15) is 15.0 Å². The van der Waals surface area contributed by atoms with E-state index in [0.29, 0.717) is 28.1 Å². The van der Waals surface area contributed by atoms with Crippen molar-refractivity contribution in [3.8, 4) is 17.2 Å². The molecule has 4 aromatic carbocycles. The topological polar surface area (TPSA) is 117 Å². The first-order valence-corrected chi connectivity index (χ1v) is 16.4. The van der Waals surface area contributed by atoms with E-state index in [4.69, 9.17) is 10.6 Å². The number of nitrogens with two attached hydrogens (primary N) is 1. The zero-order chi connectivity index (χ0) is 36.4. The molecule has 1 atom stereocenters. The molecule has 7 nitrogen and oxygen atoms in total. The largest absolute Gasteiger partial charge is 0.508 e. The molecule has 0 amide bonds. The van der Waals surface area contributed by atoms with Gasteiger partial charge in [-0.05, 0) is 85.1 Å². The molecule has 4 aromatic rings. The van der Waals surface area contributed by atoms with Crippen molar-refractivity contribution in [1.82, 2.24) is 5.32 Å². The van der Waals surface area contributed by atoms with Gasteiger partial charge in [-0.25, -0.2) is 0 Å². The Morgan fingerprint density at radius 2 is 1.74 bits per heavy atom. The summed E-state index contributed by atoms with van der Waals surface area (Å²) in [5.41, 5.74) is 10.3. The number of allylic oxidation sites excluding steroid dienone is 5. The number of hydrogen-bond acceptors (Lipinski definition) is 7. The van der Waals surface area contributed by atoms with Crippen molar-refractivity contribution < 1.29 is 19.7 Å². The number of phenols is 2. The monoisotopic (exact) mass is 683 g/mol. The van der Waals surface area contributed by atoms with Crippen LogP contribution in [0.25, 0.3) is 17.2 Å². The average Bonchev–Trinajstić information content (AvgIpc) is 3.12. The molecule has 0 aliphatic carbocycles. The van der Waals surface area contributed by atoms with Crippen molar-refractivity contribution in [1.29, 1.82) is 0 Å². The van der Waals surface area contributed by atoms with Gasteiger partial charge < -0.3 is 26.1 Å². The Morgan fingerprint density at radius 3 is 2.36 bits per heavy atom. The van der Waals surface area contributed by atoms with Crippen LogP contribution >= 0.6 is 9.24 Å². The second-order valence-electron chi connectivity index (χ2n) is 11.4. The summed E-state index contributed by atoms with van der Waals surface area (Å²) in [6, 6.07) is 22.2. The zero-order valence-electron chi connectivity index (χ0n) is 28.5. The molecule has 254 valence electrons. The maximum atomic E-state index is 11.2. The number of carbonyl (C=O) groups is 1. The highest BCUT2D eigenvalue weighted by Gasteiger charge is 2.25. The SMILES string of the molecule is C=C(/C(=N\N)c1cc(P)c(O)cc1C)c1ccc(CNC)cc1.C=C/C=C\C1=C(c2ccc(C=O)cc2C=C)c2ccc(O)cc2O/C1=C/C. The molecule has 0 aromatic heterocycles. The summed E-state index contributed by atoms with van der Waals surface area (Å²) >= 11 is 0. The first-order chi connectivity index (χ1) is 24.1. The van der Waals surface area contributed by atoms with Gasteiger partial charge in [-0.2, -0.15) is 5.10 Å². The third-order valence-corrected chi connectivity index (χ3v) is 8.54. The van der Waals surface area contributed by atoms with Crippen molar-refractivity contribution >= 4 is 43.8 Å². The second kappa shape index (κ2) is 17.1. The zero-order valence-corrected chi connectivity index (χ0v) is 29.7. The lowest BCUT2D eigenvalue weighted by Gasteiger charge is -2.26. The molecule has 1 aliphatic rings. The van der Waals surface area contributed by atoms with Gasteiger partial charge in [-0.3, -0.25) is 4.79 Å². The van der Waals surface area contributed by atoms with Crippen molar-refractivity contribution in [3.63, 3.8) is 0 Å². The van der Waals surface area contributed by atoms with Gasteiger partial charge in [0.2, 0.25) is 0 Å². The Balaban J connectivity index is 0.000000228. The molecule has 5 N–H and O–H groups in total. The number of nitrogens with zero attached hydrogens (tertiary/aromatic N) is 1. The maximum Gasteiger partial charge on any atom is 0.150 e. The van der Waals surface area contributed by atoms with Crippen LogP contribution < -0.4 is 21.2 Å². The third-order valence-electron chi connectivity index (χ3n) is 8.08. The molecule has 5 rings (SSSR count). The quantitative estimate of drug-likeness (QED) is 0.0336. The highest BCUT2D eigenvalue weighted by atomic mass is 31.0. The van der Waals surface area contributed by atoms with Crippen LogP contribution in [0.4, 0.5) is 0 Å². The van der Waals surface area contributed by atoms with Gasteiger partial charge in [0.1, 0.15) is 29.3 Å². The average molecular weight is 684 g/mol. The predicted octanol–water partition coefficient (Wildman–Crippen LogP) is 7.98. The first kappa shape index (κ1) is 37.1. The molecule has 0 saturated heterocycles.